The van der Waals surface area contributed by atoms with Crippen molar-refractivity contribution in [3.05, 3.63) is 77.9 Å². The summed E-state index contributed by atoms with van der Waals surface area (Å²) < 4.78 is 0. The van der Waals surface area contributed by atoms with E-state index in [4.69, 9.17) is 0 Å². The molecular weight excluding hydrogens is 390 g/mol. The largest absolute Gasteiger partial charge is 0.302 e. The molecule has 30 heavy (non-hydrogen) atoms. The fraction of sp³-hybridized carbons (Fsp3) is 0.240. The molecule has 0 spiro atoms. The Morgan fingerprint density at radius 3 is 2.47 bits per heavy atom. The van der Waals surface area contributed by atoms with Gasteiger partial charge in [-0.1, -0.05) is 60.3 Å². The van der Waals surface area contributed by atoms with E-state index in [2.05, 4.69) is 62.2 Å². The number of allylic oxidation sites excluding steroid dienone is 1. The number of carbonyl (C=O) groups excluding carboxylic acids is 1. The summed E-state index contributed by atoms with van der Waals surface area (Å²) in [5.74, 6) is 0.373. The van der Waals surface area contributed by atoms with Gasteiger partial charge in [0, 0.05) is 11.1 Å². The lowest BCUT2D eigenvalue weighted by Crippen LogP contribution is -2.49. The van der Waals surface area contributed by atoms with Gasteiger partial charge in [-0.3, -0.25) is 4.79 Å². The molecule has 0 saturated carbocycles. The fourth-order valence-corrected chi connectivity index (χ4v) is 4.62. The van der Waals surface area contributed by atoms with E-state index in [9.17, 15) is 4.79 Å². The normalized spacial score (nSPS) is 14.8. The molecule has 0 aliphatic carbocycles. The summed E-state index contributed by atoms with van der Waals surface area (Å²) in [4.78, 5) is 15.2. The third-order valence-electron chi connectivity index (χ3n) is 5.27. The number of anilines is 1. The second kappa shape index (κ2) is 8.07. The van der Waals surface area contributed by atoms with Crippen LogP contribution in [0.3, 0.4) is 0 Å². The minimum absolute atomic E-state index is 0.0644. The Labute approximate surface area is 182 Å². The number of fused-ring (bicyclic) bond motifs is 1. The van der Waals surface area contributed by atoms with Crippen molar-refractivity contribution in [3.8, 4) is 11.3 Å². The third kappa shape index (κ3) is 4.03. The van der Waals surface area contributed by atoms with Crippen molar-refractivity contribution in [2.45, 2.75) is 38.3 Å². The van der Waals surface area contributed by atoms with Gasteiger partial charge < -0.3 is 4.90 Å². The van der Waals surface area contributed by atoms with Gasteiger partial charge in [0.05, 0.1) is 22.7 Å². The van der Waals surface area contributed by atoms with E-state index in [-0.39, 0.29) is 11.4 Å². The van der Waals surface area contributed by atoms with Crippen LogP contribution in [0.1, 0.15) is 31.9 Å². The van der Waals surface area contributed by atoms with Crippen molar-refractivity contribution in [2.24, 2.45) is 0 Å². The number of rotatable bonds is 4. The van der Waals surface area contributed by atoms with E-state index in [1.807, 2.05) is 47.4 Å². The van der Waals surface area contributed by atoms with Gasteiger partial charge in [-0.25, -0.2) is 0 Å². The molecule has 0 radical (unpaired) electrons. The minimum atomic E-state index is -0.384. The number of aromatic nitrogens is 2. The number of aryl methyl sites for hydroxylation is 1. The van der Waals surface area contributed by atoms with Crippen molar-refractivity contribution >= 4 is 28.9 Å². The third-order valence-corrected chi connectivity index (χ3v) is 6.17. The lowest BCUT2D eigenvalue weighted by atomic mass is 9.88. The van der Waals surface area contributed by atoms with Gasteiger partial charge >= 0.3 is 0 Å². The Hall–Kier alpha value is -2.92. The minimum Gasteiger partial charge on any atom is -0.302 e. The first-order valence-corrected chi connectivity index (χ1v) is 11.0. The summed E-state index contributed by atoms with van der Waals surface area (Å²) in [6.45, 7) is 8.33. The fourth-order valence-electron chi connectivity index (χ4n) is 3.96. The summed E-state index contributed by atoms with van der Waals surface area (Å²) >= 11 is 1.42. The summed E-state index contributed by atoms with van der Waals surface area (Å²) in [5, 5.41) is 9.37. The van der Waals surface area contributed by atoms with Crippen LogP contribution in [0, 0.1) is 6.92 Å². The van der Waals surface area contributed by atoms with Gasteiger partial charge in [0.1, 0.15) is 5.03 Å². The Kier molecular flexibility index (Phi) is 5.48. The number of thioether (sulfide) groups is 1. The standard InChI is InChI=1S/C25H25N3OS/c1-17-10-11-20-18(2)15-25(3,4)28(22(20)14-17)24(29)16-30-23-13-12-21(26-27-23)19-8-6-5-7-9-19/h5-15H,16H2,1-4H3. The van der Waals surface area contributed by atoms with Gasteiger partial charge in [0.25, 0.3) is 0 Å². The van der Waals surface area contributed by atoms with Gasteiger partial charge in [-0.15, -0.1) is 10.2 Å². The van der Waals surface area contributed by atoms with E-state index in [1.54, 1.807) is 0 Å². The van der Waals surface area contributed by atoms with Crippen LogP contribution in [0.4, 0.5) is 5.69 Å². The maximum atomic E-state index is 13.3. The summed E-state index contributed by atoms with van der Waals surface area (Å²) in [6.07, 6.45) is 2.17. The van der Waals surface area contributed by atoms with Crippen molar-refractivity contribution in [2.75, 3.05) is 10.7 Å². The van der Waals surface area contributed by atoms with Crippen LogP contribution in [0.2, 0.25) is 0 Å². The summed E-state index contributed by atoms with van der Waals surface area (Å²) in [5.41, 5.74) is 5.92. The molecule has 4 nitrogen and oxygen atoms in total. The zero-order chi connectivity index (χ0) is 21.3. The van der Waals surface area contributed by atoms with Gasteiger partial charge in [0.2, 0.25) is 5.91 Å². The average molecular weight is 416 g/mol. The molecule has 3 aromatic rings. The quantitative estimate of drug-likeness (QED) is 0.507. The maximum Gasteiger partial charge on any atom is 0.238 e. The number of hydrogen-bond acceptors (Lipinski definition) is 4. The van der Waals surface area contributed by atoms with Crippen molar-refractivity contribution in [1.29, 1.82) is 0 Å². The molecule has 1 aliphatic rings. The number of hydrogen-bond donors (Lipinski definition) is 0. The smallest absolute Gasteiger partial charge is 0.238 e. The SMILES string of the molecule is CC1=CC(C)(C)N(C(=O)CSc2ccc(-c3ccccc3)nn2)c2cc(C)ccc21. The Morgan fingerprint density at radius 1 is 1.00 bits per heavy atom. The average Bonchev–Trinajstić information content (AvgIpc) is 2.72. The van der Waals surface area contributed by atoms with Crippen molar-refractivity contribution < 1.29 is 4.79 Å². The van der Waals surface area contributed by atoms with E-state index >= 15 is 0 Å². The Balaban J connectivity index is 1.52. The molecule has 4 rings (SSSR count). The molecule has 0 unspecified atom stereocenters. The first-order chi connectivity index (χ1) is 14.3. The second-order valence-corrected chi connectivity index (χ2v) is 9.14. The highest BCUT2D eigenvalue weighted by molar-refractivity contribution is 7.99. The molecule has 1 amide bonds. The van der Waals surface area contributed by atoms with Crippen LogP contribution in [-0.2, 0) is 4.79 Å². The van der Waals surface area contributed by atoms with Crippen LogP contribution in [0.15, 0.2) is 71.8 Å². The molecule has 0 N–H and O–H groups in total. The van der Waals surface area contributed by atoms with Gasteiger partial charge in [-0.05, 0) is 57.0 Å². The summed E-state index contributed by atoms with van der Waals surface area (Å²) in [6, 6.07) is 20.1. The first kappa shape index (κ1) is 20.4. The molecule has 0 atom stereocenters. The molecule has 2 heterocycles. The van der Waals surface area contributed by atoms with Gasteiger partial charge in [-0.2, -0.15) is 0 Å². The predicted octanol–water partition coefficient (Wildman–Crippen LogP) is 5.77. The molecule has 0 bridgehead atoms. The molecule has 0 fully saturated rings. The number of nitrogens with zero attached hydrogens (tertiary/aromatic N) is 3. The summed E-state index contributed by atoms with van der Waals surface area (Å²) in [7, 11) is 0. The van der Waals surface area contributed by atoms with E-state index < -0.39 is 0 Å². The number of carbonyl (C=O) groups is 1. The van der Waals surface area contributed by atoms with E-state index in [0.717, 1.165) is 33.1 Å². The van der Waals surface area contributed by atoms with Crippen LogP contribution in [0.5, 0.6) is 0 Å². The van der Waals surface area contributed by atoms with Crippen LogP contribution in [0.25, 0.3) is 16.8 Å². The van der Waals surface area contributed by atoms with Crippen molar-refractivity contribution in [1.82, 2.24) is 10.2 Å². The Bertz CT molecular complexity index is 1100. The van der Waals surface area contributed by atoms with E-state index in [1.165, 1.54) is 17.3 Å². The highest BCUT2D eigenvalue weighted by Gasteiger charge is 2.35. The molecule has 2 aromatic carbocycles. The highest BCUT2D eigenvalue weighted by Crippen LogP contribution is 2.39. The molecule has 1 aliphatic heterocycles. The Morgan fingerprint density at radius 2 is 1.77 bits per heavy atom. The van der Waals surface area contributed by atoms with Crippen LogP contribution in [-0.4, -0.2) is 27.4 Å². The molecule has 1 aromatic heterocycles. The van der Waals surface area contributed by atoms with Crippen LogP contribution < -0.4 is 4.90 Å². The first-order valence-electron chi connectivity index (χ1n) is 10.0. The molecule has 0 saturated heterocycles. The van der Waals surface area contributed by atoms with Crippen molar-refractivity contribution in [3.63, 3.8) is 0 Å². The van der Waals surface area contributed by atoms with Crippen LogP contribution >= 0.6 is 11.8 Å². The maximum absolute atomic E-state index is 13.3. The molecule has 152 valence electrons. The molecular formula is C25H25N3OS. The molecule has 5 heteroatoms. The predicted molar refractivity (Wildman–Crippen MR) is 125 cm³/mol. The van der Waals surface area contributed by atoms with E-state index in [0.29, 0.717) is 5.75 Å². The van der Waals surface area contributed by atoms with Gasteiger partial charge in [0.15, 0.2) is 0 Å². The highest BCUT2D eigenvalue weighted by atomic mass is 32.2. The zero-order valence-corrected chi connectivity index (χ0v) is 18.5. The lowest BCUT2D eigenvalue weighted by Gasteiger charge is -2.41. The zero-order valence-electron chi connectivity index (χ0n) is 17.7. The number of benzene rings is 2. The monoisotopic (exact) mass is 415 g/mol. The number of amides is 1. The lowest BCUT2D eigenvalue weighted by molar-refractivity contribution is -0.116. The second-order valence-electron chi connectivity index (χ2n) is 8.14. The topological polar surface area (TPSA) is 46.1 Å².